The highest BCUT2D eigenvalue weighted by atomic mass is 79.9. The lowest BCUT2D eigenvalue weighted by atomic mass is 9.86. The van der Waals surface area contributed by atoms with Gasteiger partial charge >= 0.3 is 0 Å². The minimum atomic E-state index is -1.04. The predicted octanol–water partition coefficient (Wildman–Crippen LogP) is 5.57. The van der Waals surface area contributed by atoms with Crippen molar-refractivity contribution in [3.05, 3.63) is 105 Å². The van der Waals surface area contributed by atoms with Gasteiger partial charge in [-0.2, -0.15) is 5.26 Å². The van der Waals surface area contributed by atoms with Crippen LogP contribution < -0.4 is 21.3 Å². The first-order valence-electron chi connectivity index (χ1n) is 17.4. The van der Waals surface area contributed by atoms with Crippen LogP contribution >= 0.6 is 27.7 Å². The van der Waals surface area contributed by atoms with Crippen molar-refractivity contribution < 1.29 is 28.8 Å². The van der Waals surface area contributed by atoms with Gasteiger partial charge in [-0.1, -0.05) is 58.0 Å². The van der Waals surface area contributed by atoms with Gasteiger partial charge < -0.3 is 16.0 Å². The average Bonchev–Trinajstić information content (AvgIpc) is 3.42. The number of nitriles is 1. The molecule has 12 nitrogen and oxygen atoms in total. The molecule has 14 heteroatoms. The smallest absolute Gasteiger partial charge is 0.264 e. The third-order valence-corrected chi connectivity index (χ3v) is 11.1. The lowest BCUT2D eigenvalue weighted by Crippen LogP contribution is -2.54. The molecule has 1 saturated heterocycles. The third kappa shape index (κ3) is 7.12. The van der Waals surface area contributed by atoms with Gasteiger partial charge in [-0.15, -0.1) is 0 Å². The highest BCUT2D eigenvalue weighted by molar-refractivity contribution is 9.10. The molecule has 2 aliphatic heterocycles. The van der Waals surface area contributed by atoms with Crippen LogP contribution in [-0.2, 0) is 14.4 Å². The number of carbonyl (C=O) groups excluding carboxylic acids is 6. The molecule has 3 aliphatic rings. The fourth-order valence-corrected chi connectivity index (χ4v) is 8.13. The summed E-state index contributed by atoms with van der Waals surface area (Å²) in [7, 11) is 0. The maximum Gasteiger partial charge on any atom is 0.264 e. The average molecular weight is 806 g/mol. The zero-order valence-electron chi connectivity index (χ0n) is 28.8. The van der Waals surface area contributed by atoms with Gasteiger partial charge in [0.1, 0.15) is 17.7 Å². The second-order valence-electron chi connectivity index (χ2n) is 12.9. The van der Waals surface area contributed by atoms with Crippen LogP contribution in [0.4, 0.5) is 5.69 Å². The summed E-state index contributed by atoms with van der Waals surface area (Å²) in [6.45, 7) is 1.08. The Kier molecular flexibility index (Phi) is 10.6. The Morgan fingerprint density at radius 3 is 2.41 bits per heavy atom. The number of unbranched alkanes of at least 4 members (excludes halogenated alkanes) is 1. The molecular weight excluding hydrogens is 772 g/mol. The Morgan fingerprint density at radius 1 is 0.870 bits per heavy atom. The number of fused-ring (bicyclic) bond motifs is 1. The number of benzene rings is 4. The number of hydrogen-bond donors (Lipinski definition) is 4. The first kappa shape index (κ1) is 36.6. The number of nitrogens with one attached hydrogen (secondary N) is 4. The van der Waals surface area contributed by atoms with Crippen LogP contribution in [0.3, 0.4) is 0 Å². The molecule has 2 heterocycles. The van der Waals surface area contributed by atoms with E-state index in [1.54, 1.807) is 36.0 Å². The van der Waals surface area contributed by atoms with E-state index in [2.05, 4.69) is 43.3 Å². The molecule has 1 atom stereocenters. The van der Waals surface area contributed by atoms with E-state index in [9.17, 15) is 34.0 Å². The summed E-state index contributed by atoms with van der Waals surface area (Å²) >= 11 is 5.06. The van der Waals surface area contributed by atoms with Crippen LogP contribution in [-0.4, -0.2) is 65.9 Å². The van der Waals surface area contributed by atoms with Gasteiger partial charge in [-0.25, -0.2) is 0 Å². The minimum Gasteiger partial charge on any atom is -0.384 e. The molecule has 1 fully saturated rings. The molecule has 4 aromatic rings. The van der Waals surface area contributed by atoms with Gasteiger partial charge in [-0.3, -0.25) is 39.0 Å². The summed E-state index contributed by atoms with van der Waals surface area (Å²) in [4.78, 5) is 79.5. The van der Waals surface area contributed by atoms with Crippen molar-refractivity contribution in [3.63, 3.8) is 0 Å². The zero-order valence-corrected chi connectivity index (χ0v) is 31.2. The molecule has 0 saturated carbocycles. The monoisotopic (exact) mass is 804 g/mol. The SMILES string of the molecule is N#CC1=C(NCCC(=O)NCCCCNc2cccc3c2C(=O)N(C2CCC(=O)NC2=O)C3=O)c2ccc(Sc3ccc(Br)cc3)c3cccc(c23)C1=O. The summed E-state index contributed by atoms with van der Waals surface area (Å²) in [5.41, 5.74) is 2.51. The van der Waals surface area contributed by atoms with Crippen molar-refractivity contribution in [2.75, 3.05) is 25.0 Å². The number of carbonyl (C=O) groups is 6. The van der Waals surface area contributed by atoms with Gasteiger partial charge in [0.15, 0.2) is 0 Å². The summed E-state index contributed by atoms with van der Waals surface area (Å²) in [5, 5.41) is 23.2. The predicted molar refractivity (Wildman–Crippen MR) is 206 cm³/mol. The Bertz CT molecular complexity index is 2340. The molecule has 1 unspecified atom stereocenters. The van der Waals surface area contributed by atoms with Gasteiger partial charge in [0.2, 0.25) is 23.5 Å². The van der Waals surface area contributed by atoms with Gasteiger partial charge in [0.05, 0.1) is 16.8 Å². The summed E-state index contributed by atoms with van der Waals surface area (Å²) in [6.07, 6.45) is 1.52. The molecule has 0 aromatic heterocycles. The van der Waals surface area contributed by atoms with E-state index >= 15 is 0 Å². The fraction of sp³-hybridized carbons (Fsp3) is 0.225. The first-order valence-corrected chi connectivity index (χ1v) is 19.0. The van der Waals surface area contributed by atoms with Crippen molar-refractivity contribution in [1.29, 1.82) is 5.26 Å². The maximum absolute atomic E-state index is 13.5. The minimum absolute atomic E-state index is 0.00928. The Balaban J connectivity index is 0.907. The summed E-state index contributed by atoms with van der Waals surface area (Å²) in [5.74, 6) is -2.79. The van der Waals surface area contributed by atoms with Crippen molar-refractivity contribution in [3.8, 4) is 6.07 Å². The highest BCUT2D eigenvalue weighted by Crippen LogP contribution is 2.41. The van der Waals surface area contributed by atoms with E-state index in [-0.39, 0.29) is 54.2 Å². The van der Waals surface area contributed by atoms with Gasteiger partial charge in [-0.05, 0) is 67.1 Å². The molecule has 54 heavy (non-hydrogen) atoms. The van der Waals surface area contributed by atoms with E-state index in [0.717, 1.165) is 35.5 Å². The normalized spacial score (nSPS) is 16.3. The molecule has 5 amide bonds. The van der Waals surface area contributed by atoms with Crippen LogP contribution in [0.2, 0.25) is 0 Å². The second kappa shape index (κ2) is 15.7. The van der Waals surface area contributed by atoms with Crippen molar-refractivity contribution in [2.24, 2.45) is 0 Å². The molecule has 0 bridgehead atoms. The third-order valence-electron chi connectivity index (χ3n) is 9.51. The number of halogens is 1. The number of hydrogen-bond acceptors (Lipinski definition) is 10. The number of imide groups is 2. The summed E-state index contributed by atoms with van der Waals surface area (Å²) in [6, 6.07) is 23.4. The number of allylic oxidation sites excluding steroid dienone is 1. The number of Topliss-reactive ketones (excluding diaryl/α,β-unsaturated/α-hetero) is 1. The quantitative estimate of drug-likeness (QED) is 0.0987. The number of amides is 5. The van der Waals surface area contributed by atoms with E-state index in [1.807, 2.05) is 48.5 Å². The van der Waals surface area contributed by atoms with Crippen molar-refractivity contribution in [1.82, 2.24) is 20.9 Å². The van der Waals surface area contributed by atoms with Gasteiger partial charge in [0, 0.05) is 68.9 Å². The molecule has 7 rings (SSSR count). The van der Waals surface area contributed by atoms with E-state index in [0.29, 0.717) is 42.9 Å². The molecule has 1 aliphatic carbocycles. The molecule has 4 N–H and O–H groups in total. The largest absolute Gasteiger partial charge is 0.384 e. The maximum atomic E-state index is 13.5. The lowest BCUT2D eigenvalue weighted by molar-refractivity contribution is -0.136. The number of piperidine rings is 1. The number of anilines is 1. The first-order chi connectivity index (χ1) is 26.2. The van der Waals surface area contributed by atoms with Crippen LogP contribution in [0.25, 0.3) is 16.5 Å². The fourth-order valence-electron chi connectivity index (χ4n) is 6.92. The van der Waals surface area contributed by atoms with E-state index < -0.39 is 29.7 Å². The number of nitrogens with zero attached hydrogens (tertiary/aromatic N) is 2. The number of ketones is 1. The molecule has 4 aromatic carbocycles. The number of rotatable bonds is 13. The second-order valence-corrected chi connectivity index (χ2v) is 15.0. The standard InChI is InChI=1S/C40H33BrN6O6S/c41-22-9-11-23(12-10-22)54-31-15-13-25-34-24(31)5-3-6-26(34)37(50)28(21-42)36(25)45-20-17-32(48)44-19-2-1-18-43-29-8-4-7-27-35(29)40(53)47(39(27)52)30-14-16-33(49)46-38(30)51/h3-13,15,30,43,45H,1-2,14,16-20H2,(H,44,48)(H,46,49,51). The van der Waals surface area contributed by atoms with Crippen LogP contribution in [0.5, 0.6) is 0 Å². The van der Waals surface area contributed by atoms with E-state index in [4.69, 9.17) is 0 Å². The topological polar surface area (TPSA) is 178 Å². The molecule has 0 spiro atoms. The molecular formula is C40H33BrN6O6S. The molecule has 0 radical (unpaired) electrons. The Morgan fingerprint density at radius 2 is 1.63 bits per heavy atom. The molecule has 272 valence electrons. The summed E-state index contributed by atoms with van der Waals surface area (Å²) < 4.78 is 0.982. The van der Waals surface area contributed by atoms with Crippen LogP contribution in [0.15, 0.2) is 92.6 Å². The van der Waals surface area contributed by atoms with E-state index in [1.165, 1.54) is 0 Å². The van der Waals surface area contributed by atoms with Crippen molar-refractivity contribution in [2.45, 2.75) is 47.9 Å². The van der Waals surface area contributed by atoms with Gasteiger partial charge in [0.25, 0.3) is 11.8 Å². The van der Waals surface area contributed by atoms with Crippen LogP contribution in [0, 0.1) is 11.3 Å². The lowest BCUT2D eigenvalue weighted by Gasteiger charge is -2.27. The zero-order chi connectivity index (χ0) is 37.9. The Hall–Kier alpha value is -5.78. The Labute approximate surface area is 322 Å². The van der Waals surface area contributed by atoms with Crippen molar-refractivity contribution >= 4 is 85.2 Å². The highest BCUT2D eigenvalue weighted by Gasteiger charge is 2.45. The van der Waals surface area contributed by atoms with Crippen LogP contribution in [0.1, 0.15) is 68.7 Å².